The van der Waals surface area contributed by atoms with Crippen LogP contribution in [0.3, 0.4) is 0 Å². The molecule has 1 aliphatic rings. The fourth-order valence-corrected chi connectivity index (χ4v) is 2.89. The SMILES string of the molecule is Cc1ccc(-c2ccccc2C2CCC2)c(C(=O)O)c1. The third kappa shape index (κ3) is 2.22. The molecule has 0 spiro atoms. The molecule has 0 radical (unpaired) electrons. The summed E-state index contributed by atoms with van der Waals surface area (Å²) in [6, 6.07) is 13.9. The minimum absolute atomic E-state index is 0.400. The number of aromatic carboxylic acids is 1. The van der Waals surface area contributed by atoms with Crippen molar-refractivity contribution >= 4 is 5.97 Å². The monoisotopic (exact) mass is 266 g/mol. The van der Waals surface area contributed by atoms with Crippen molar-refractivity contribution in [1.82, 2.24) is 0 Å². The van der Waals surface area contributed by atoms with Crippen molar-refractivity contribution in [3.63, 3.8) is 0 Å². The van der Waals surface area contributed by atoms with Crippen molar-refractivity contribution in [2.45, 2.75) is 32.1 Å². The normalized spacial score (nSPS) is 14.8. The van der Waals surface area contributed by atoms with Crippen molar-refractivity contribution in [3.8, 4) is 11.1 Å². The number of hydrogen-bond acceptors (Lipinski definition) is 1. The summed E-state index contributed by atoms with van der Waals surface area (Å²) in [5.74, 6) is -0.263. The molecule has 0 heterocycles. The molecule has 2 nitrogen and oxygen atoms in total. The standard InChI is InChI=1S/C18H18O2/c1-12-9-10-16(17(11-12)18(19)20)15-8-3-2-7-14(15)13-5-4-6-13/h2-3,7-11,13H,4-6H2,1H3,(H,19,20). The first-order chi connectivity index (χ1) is 9.66. The fourth-order valence-electron chi connectivity index (χ4n) is 2.89. The summed E-state index contributed by atoms with van der Waals surface area (Å²) in [6.07, 6.45) is 3.70. The Morgan fingerprint density at radius 1 is 1.10 bits per heavy atom. The van der Waals surface area contributed by atoms with Gasteiger partial charge in [-0.1, -0.05) is 48.4 Å². The average Bonchev–Trinajstić information content (AvgIpc) is 2.37. The maximum absolute atomic E-state index is 11.5. The highest BCUT2D eigenvalue weighted by molar-refractivity contribution is 5.96. The first kappa shape index (κ1) is 12.9. The van der Waals surface area contributed by atoms with E-state index in [1.54, 1.807) is 6.07 Å². The van der Waals surface area contributed by atoms with E-state index in [1.807, 2.05) is 37.3 Å². The lowest BCUT2D eigenvalue weighted by Crippen LogP contribution is -2.10. The van der Waals surface area contributed by atoms with Crippen molar-refractivity contribution in [2.75, 3.05) is 0 Å². The van der Waals surface area contributed by atoms with Gasteiger partial charge in [-0.3, -0.25) is 0 Å². The molecule has 0 bridgehead atoms. The summed E-state index contributed by atoms with van der Waals surface area (Å²) in [5, 5.41) is 9.45. The number of rotatable bonds is 3. The highest BCUT2D eigenvalue weighted by Gasteiger charge is 2.23. The highest BCUT2D eigenvalue weighted by atomic mass is 16.4. The molecular formula is C18H18O2. The molecule has 1 fully saturated rings. The van der Waals surface area contributed by atoms with Gasteiger partial charge in [0, 0.05) is 0 Å². The molecule has 2 aromatic carbocycles. The van der Waals surface area contributed by atoms with Crippen molar-refractivity contribution in [3.05, 3.63) is 59.2 Å². The minimum atomic E-state index is -0.855. The van der Waals surface area contributed by atoms with Gasteiger partial charge in [-0.2, -0.15) is 0 Å². The molecule has 0 aliphatic heterocycles. The Morgan fingerprint density at radius 2 is 1.85 bits per heavy atom. The fraction of sp³-hybridized carbons (Fsp3) is 0.278. The summed E-state index contributed by atoms with van der Waals surface area (Å²) in [5.41, 5.74) is 4.59. The van der Waals surface area contributed by atoms with Crippen LogP contribution in [0.5, 0.6) is 0 Å². The van der Waals surface area contributed by atoms with Gasteiger partial charge in [-0.25, -0.2) is 4.79 Å². The number of carbonyl (C=O) groups is 1. The Balaban J connectivity index is 2.16. The number of benzene rings is 2. The number of aryl methyl sites for hydroxylation is 1. The van der Waals surface area contributed by atoms with Crippen LogP contribution in [0.25, 0.3) is 11.1 Å². The zero-order valence-electron chi connectivity index (χ0n) is 11.6. The van der Waals surface area contributed by atoms with Crippen LogP contribution in [0.15, 0.2) is 42.5 Å². The molecular weight excluding hydrogens is 248 g/mol. The van der Waals surface area contributed by atoms with Gasteiger partial charge >= 0.3 is 5.97 Å². The Kier molecular flexibility index (Phi) is 3.31. The third-order valence-corrected chi connectivity index (χ3v) is 4.20. The molecule has 0 unspecified atom stereocenters. The quantitative estimate of drug-likeness (QED) is 0.879. The molecule has 1 saturated carbocycles. The van der Waals surface area contributed by atoms with Gasteiger partial charge in [0.1, 0.15) is 0 Å². The lowest BCUT2D eigenvalue weighted by atomic mass is 9.76. The number of hydrogen-bond donors (Lipinski definition) is 1. The molecule has 0 saturated heterocycles. The van der Waals surface area contributed by atoms with Crippen LogP contribution < -0.4 is 0 Å². The lowest BCUT2D eigenvalue weighted by Gasteiger charge is -2.28. The summed E-state index contributed by atoms with van der Waals surface area (Å²) in [4.78, 5) is 11.5. The molecule has 2 heteroatoms. The molecule has 0 atom stereocenters. The maximum Gasteiger partial charge on any atom is 0.336 e. The van der Waals surface area contributed by atoms with Gasteiger partial charge in [-0.15, -0.1) is 0 Å². The van der Waals surface area contributed by atoms with Gasteiger partial charge in [-0.05, 0) is 48.4 Å². The zero-order chi connectivity index (χ0) is 14.1. The van der Waals surface area contributed by atoms with Crippen LogP contribution in [0.4, 0.5) is 0 Å². The third-order valence-electron chi connectivity index (χ3n) is 4.20. The predicted molar refractivity (Wildman–Crippen MR) is 80.2 cm³/mol. The van der Waals surface area contributed by atoms with Gasteiger partial charge < -0.3 is 5.11 Å². The summed E-state index contributed by atoms with van der Waals surface area (Å²) in [6.45, 7) is 1.92. The van der Waals surface area contributed by atoms with Crippen LogP contribution >= 0.6 is 0 Å². The van der Waals surface area contributed by atoms with E-state index in [0.29, 0.717) is 11.5 Å². The highest BCUT2D eigenvalue weighted by Crippen LogP contribution is 2.41. The Bertz CT molecular complexity index is 654. The molecule has 1 N–H and O–H groups in total. The first-order valence-electron chi connectivity index (χ1n) is 7.10. The molecule has 2 aromatic rings. The number of carboxylic acids is 1. The molecule has 20 heavy (non-hydrogen) atoms. The minimum Gasteiger partial charge on any atom is -0.478 e. The summed E-state index contributed by atoms with van der Waals surface area (Å²) < 4.78 is 0. The second kappa shape index (κ2) is 5.12. The van der Waals surface area contributed by atoms with Crippen LogP contribution in [0, 0.1) is 6.92 Å². The van der Waals surface area contributed by atoms with Gasteiger partial charge in [0.05, 0.1) is 5.56 Å². The Labute approximate surface area is 119 Å². The zero-order valence-corrected chi connectivity index (χ0v) is 11.6. The second-order valence-electron chi connectivity index (χ2n) is 5.57. The lowest BCUT2D eigenvalue weighted by molar-refractivity contribution is 0.0697. The molecule has 3 rings (SSSR count). The number of carboxylic acid groups (broad SMARTS) is 1. The van der Waals surface area contributed by atoms with E-state index in [0.717, 1.165) is 16.7 Å². The topological polar surface area (TPSA) is 37.3 Å². The van der Waals surface area contributed by atoms with E-state index in [2.05, 4.69) is 6.07 Å². The first-order valence-corrected chi connectivity index (χ1v) is 7.10. The van der Waals surface area contributed by atoms with E-state index in [9.17, 15) is 9.90 Å². The van der Waals surface area contributed by atoms with Crippen molar-refractivity contribution in [1.29, 1.82) is 0 Å². The predicted octanol–water partition coefficient (Wildman–Crippen LogP) is 4.63. The molecule has 102 valence electrons. The van der Waals surface area contributed by atoms with Crippen LogP contribution in [0.2, 0.25) is 0 Å². The van der Waals surface area contributed by atoms with Gasteiger partial charge in [0.25, 0.3) is 0 Å². The average molecular weight is 266 g/mol. The molecule has 1 aliphatic carbocycles. The van der Waals surface area contributed by atoms with E-state index in [1.165, 1.54) is 24.8 Å². The van der Waals surface area contributed by atoms with E-state index < -0.39 is 5.97 Å². The van der Waals surface area contributed by atoms with Crippen LogP contribution in [-0.2, 0) is 0 Å². The summed E-state index contributed by atoms with van der Waals surface area (Å²) in [7, 11) is 0. The van der Waals surface area contributed by atoms with E-state index in [4.69, 9.17) is 0 Å². The van der Waals surface area contributed by atoms with Crippen LogP contribution in [-0.4, -0.2) is 11.1 Å². The largest absolute Gasteiger partial charge is 0.478 e. The molecule has 0 amide bonds. The van der Waals surface area contributed by atoms with Crippen LogP contribution in [0.1, 0.15) is 46.7 Å². The summed E-state index contributed by atoms with van der Waals surface area (Å²) >= 11 is 0. The second-order valence-corrected chi connectivity index (χ2v) is 5.57. The molecule has 0 aromatic heterocycles. The van der Waals surface area contributed by atoms with E-state index >= 15 is 0 Å². The Hall–Kier alpha value is -2.09. The van der Waals surface area contributed by atoms with Crippen molar-refractivity contribution < 1.29 is 9.90 Å². The Morgan fingerprint density at radius 3 is 2.50 bits per heavy atom. The van der Waals surface area contributed by atoms with E-state index in [-0.39, 0.29) is 0 Å². The smallest absolute Gasteiger partial charge is 0.336 e. The van der Waals surface area contributed by atoms with Crippen molar-refractivity contribution in [2.24, 2.45) is 0 Å². The van der Waals surface area contributed by atoms with Gasteiger partial charge in [0.15, 0.2) is 0 Å². The van der Waals surface area contributed by atoms with Gasteiger partial charge in [0.2, 0.25) is 0 Å². The maximum atomic E-state index is 11.5.